The Morgan fingerprint density at radius 1 is 1.25 bits per heavy atom. The van der Waals surface area contributed by atoms with E-state index in [0.29, 0.717) is 5.56 Å². The van der Waals surface area contributed by atoms with Crippen molar-refractivity contribution in [2.24, 2.45) is 0 Å². The third-order valence-electron chi connectivity index (χ3n) is 1.40. The zero-order valence-corrected chi connectivity index (χ0v) is 12.6. The average Bonchev–Trinajstić information content (AvgIpc) is 2.18. The summed E-state index contributed by atoms with van der Waals surface area (Å²) in [5.41, 5.74) is 0.574. The zero-order valence-electron chi connectivity index (χ0n) is 8.22. The van der Waals surface area contributed by atoms with E-state index in [0.717, 1.165) is 3.57 Å². The van der Waals surface area contributed by atoms with E-state index >= 15 is 0 Å². The summed E-state index contributed by atoms with van der Waals surface area (Å²) < 4.78 is 0.889. The Bertz CT molecular complexity index is 380. The maximum absolute atomic E-state index is 10.6. The third kappa shape index (κ3) is 6.68. The van der Waals surface area contributed by atoms with Crippen molar-refractivity contribution in [3.05, 3.63) is 33.4 Å². The molecule has 0 aliphatic carbocycles. The number of carbonyl (C=O) groups is 2. The monoisotopic (exact) mass is 392 g/mol. The van der Waals surface area contributed by atoms with Gasteiger partial charge in [-0.2, -0.15) is 0 Å². The molecule has 0 aliphatic heterocycles. The molecule has 1 unspecified atom stereocenters. The lowest BCUT2D eigenvalue weighted by Gasteiger charge is -1.94. The fourth-order valence-electron chi connectivity index (χ4n) is 0.621. The highest BCUT2D eigenvalue weighted by Gasteiger charge is 2.03. The Balaban J connectivity index is 0.000000325. The van der Waals surface area contributed by atoms with Crippen LogP contribution in [0.3, 0.4) is 0 Å². The van der Waals surface area contributed by atoms with Gasteiger partial charge >= 0.3 is 0 Å². The summed E-state index contributed by atoms with van der Waals surface area (Å²) in [6.07, 6.45) is 0. The molecular formula is C10H8Cl3IO2. The lowest BCUT2D eigenvalue weighted by atomic mass is 10.2. The molecule has 6 heteroatoms. The van der Waals surface area contributed by atoms with Gasteiger partial charge in [-0.25, -0.2) is 0 Å². The lowest BCUT2D eigenvalue weighted by Crippen LogP contribution is -1.99. The number of rotatable bonds is 2. The van der Waals surface area contributed by atoms with Crippen LogP contribution in [0, 0.1) is 3.57 Å². The third-order valence-corrected chi connectivity index (χ3v) is 3.18. The van der Waals surface area contributed by atoms with E-state index in [1.54, 1.807) is 12.1 Å². The van der Waals surface area contributed by atoms with Gasteiger partial charge in [0.05, 0.1) is 0 Å². The van der Waals surface area contributed by atoms with E-state index in [1.165, 1.54) is 6.92 Å². The molecule has 16 heavy (non-hydrogen) atoms. The lowest BCUT2D eigenvalue weighted by molar-refractivity contribution is -0.111. The molecule has 0 aliphatic rings. The van der Waals surface area contributed by atoms with Crippen LogP contribution in [-0.2, 0) is 4.79 Å². The second-order valence-electron chi connectivity index (χ2n) is 2.67. The quantitative estimate of drug-likeness (QED) is 0.432. The smallest absolute Gasteiger partial charge is 0.253 e. The van der Waals surface area contributed by atoms with Gasteiger partial charge in [0.1, 0.15) is 5.38 Å². The first-order valence-electron chi connectivity index (χ1n) is 4.14. The van der Waals surface area contributed by atoms with Crippen molar-refractivity contribution in [1.82, 2.24) is 0 Å². The minimum Gasteiger partial charge on any atom is -0.280 e. The molecule has 0 spiro atoms. The summed E-state index contributed by atoms with van der Waals surface area (Å²) in [5, 5.41) is -1.45. The minimum atomic E-state index is -0.549. The van der Waals surface area contributed by atoms with Crippen LogP contribution in [0.15, 0.2) is 24.3 Å². The van der Waals surface area contributed by atoms with E-state index in [9.17, 15) is 9.59 Å². The Morgan fingerprint density at radius 2 is 1.69 bits per heavy atom. The summed E-state index contributed by atoms with van der Waals surface area (Å²) in [5.74, 6) is 0. The van der Waals surface area contributed by atoms with Gasteiger partial charge in [0.25, 0.3) is 5.24 Å². The fraction of sp³-hybridized carbons (Fsp3) is 0.200. The van der Waals surface area contributed by atoms with E-state index < -0.39 is 15.9 Å². The van der Waals surface area contributed by atoms with Gasteiger partial charge in [-0.1, -0.05) is 12.1 Å². The molecular weight excluding hydrogens is 385 g/mol. The summed E-state index contributed by atoms with van der Waals surface area (Å²) in [6.45, 7) is 1.52. The van der Waals surface area contributed by atoms with Gasteiger partial charge in [-0.05, 0) is 64.8 Å². The number of hydrogen-bond acceptors (Lipinski definition) is 2. The van der Waals surface area contributed by atoms with Crippen LogP contribution in [0.4, 0.5) is 0 Å². The standard InChI is InChI=1S/C7H4ClIO.C3H4Cl2O/c8-7(10)5-3-1-2-4-6(5)9;1-2(4)3(5)6/h1-4H;2H,1H3. The van der Waals surface area contributed by atoms with E-state index in [4.69, 9.17) is 34.8 Å². The summed E-state index contributed by atoms with van der Waals surface area (Å²) >= 11 is 17.3. The summed E-state index contributed by atoms with van der Waals surface area (Å²) in [4.78, 5) is 20.4. The fourth-order valence-corrected chi connectivity index (χ4v) is 1.58. The second-order valence-corrected chi connectivity index (χ2v) is 5.21. The Labute approximate surface area is 122 Å². The van der Waals surface area contributed by atoms with Gasteiger partial charge in [0, 0.05) is 9.13 Å². The molecule has 1 rings (SSSR count). The van der Waals surface area contributed by atoms with Crippen molar-refractivity contribution in [3.63, 3.8) is 0 Å². The Morgan fingerprint density at radius 3 is 1.94 bits per heavy atom. The van der Waals surface area contributed by atoms with E-state index in [-0.39, 0.29) is 0 Å². The maximum atomic E-state index is 10.6. The van der Waals surface area contributed by atoms with Crippen LogP contribution in [-0.4, -0.2) is 15.9 Å². The highest BCUT2D eigenvalue weighted by Crippen LogP contribution is 2.12. The topological polar surface area (TPSA) is 34.1 Å². The molecule has 0 bridgehead atoms. The number of carbonyl (C=O) groups excluding carboxylic acids is 2. The first-order chi connectivity index (χ1) is 7.36. The highest BCUT2D eigenvalue weighted by atomic mass is 127. The number of hydrogen-bond donors (Lipinski definition) is 0. The molecule has 1 aromatic carbocycles. The second kappa shape index (κ2) is 8.28. The van der Waals surface area contributed by atoms with Crippen molar-refractivity contribution in [2.45, 2.75) is 12.3 Å². The van der Waals surface area contributed by atoms with Crippen LogP contribution < -0.4 is 0 Å². The summed E-state index contributed by atoms with van der Waals surface area (Å²) in [6, 6.07) is 7.20. The van der Waals surface area contributed by atoms with Crippen LogP contribution in [0.2, 0.25) is 0 Å². The minimum absolute atomic E-state index is 0.398. The largest absolute Gasteiger partial charge is 0.280 e. The first kappa shape index (κ1) is 16.2. The molecule has 0 saturated carbocycles. The molecule has 0 radical (unpaired) electrons. The SMILES string of the molecule is CC(Cl)C(=O)Cl.O=C(Cl)c1ccccc1I. The van der Waals surface area contributed by atoms with E-state index in [1.807, 2.05) is 12.1 Å². The number of alkyl halides is 1. The van der Waals surface area contributed by atoms with Crippen LogP contribution in [0.25, 0.3) is 0 Å². The van der Waals surface area contributed by atoms with Crippen molar-refractivity contribution >= 4 is 67.9 Å². The van der Waals surface area contributed by atoms with Gasteiger partial charge in [0.15, 0.2) is 0 Å². The molecule has 2 nitrogen and oxygen atoms in total. The molecule has 0 heterocycles. The number of halogens is 4. The molecule has 0 N–H and O–H groups in total. The molecule has 0 fully saturated rings. The van der Waals surface area contributed by atoms with Gasteiger partial charge < -0.3 is 0 Å². The van der Waals surface area contributed by atoms with Crippen LogP contribution >= 0.6 is 57.4 Å². The average molecular weight is 393 g/mol. The predicted molar refractivity (Wildman–Crippen MR) is 75.5 cm³/mol. The maximum Gasteiger partial charge on any atom is 0.253 e. The zero-order chi connectivity index (χ0) is 12.7. The van der Waals surface area contributed by atoms with Gasteiger partial charge in [-0.15, -0.1) is 11.6 Å². The molecule has 0 amide bonds. The molecule has 1 atom stereocenters. The Kier molecular flexibility index (Phi) is 8.36. The summed E-state index contributed by atoms with van der Waals surface area (Å²) in [7, 11) is 0. The first-order valence-corrected chi connectivity index (χ1v) is 6.41. The van der Waals surface area contributed by atoms with Crippen molar-refractivity contribution in [1.29, 1.82) is 0 Å². The molecule has 88 valence electrons. The van der Waals surface area contributed by atoms with Crippen LogP contribution in [0.5, 0.6) is 0 Å². The van der Waals surface area contributed by atoms with Crippen LogP contribution in [0.1, 0.15) is 17.3 Å². The molecule has 0 aromatic heterocycles. The molecule has 1 aromatic rings. The highest BCUT2D eigenvalue weighted by molar-refractivity contribution is 14.1. The van der Waals surface area contributed by atoms with Crippen molar-refractivity contribution in [2.75, 3.05) is 0 Å². The number of benzene rings is 1. The predicted octanol–water partition coefficient (Wildman–Crippen LogP) is 4.05. The van der Waals surface area contributed by atoms with E-state index in [2.05, 4.69) is 22.6 Å². The van der Waals surface area contributed by atoms with Crippen molar-refractivity contribution < 1.29 is 9.59 Å². The molecule has 0 saturated heterocycles. The Hall–Kier alpha value is 0.160. The van der Waals surface area contributed by atoms with Gasteiger partial charge in [-0.3, -0.25) is 9.59 Å². The van der Waals surface area contributed by atoms with Crippen molar-refractivity contribution in [3.8, 4) is 0 Å². The normalized spacial score (nSPS) is 11.1. The van der Waals surface area contributed by atoms with Gasteiger partial charge in [0.2, 0.25) is 5.24 Å².